The van der Waals surface area contributed by atoms with Crippen molar-refractivity contribution in [2.75, 3.05) is 0 Å². The molecule has 5 heteroatoms. The highest BCUT2D eigenvalue weighted by Crippen LogP contribution is 2.12. The van der Waals surface area contributed by atoms with E-state index in [9.17, 15) is 13.2 Å². The third kappa shape index (κ3) is 1.24. The minimum atomic E-state index is -3.36. The maximum Gasteiger partial charge on any atom is 0.336 e. The second kappa shape index (κ2) is 1.95. The van der Waals surface area contributed by atoms with Gasteiger partial charge in [-0.05, 0) is 6.08 Å². The molecule has 0 unspecified atom stereocenters. The van der Waals surface area contributed by atoms with Crippen molar-refractivity contribution >= 4 is 15.8 Å². The fraction of sp³-hybridized carbons (Fsp3) is 0. The minimum absolute atomic E-state index is 0.194. The van der Waals surface area contributed by atoms with E-state index in [1.54, 1.807) is 0 Å². The van der Waals surface area contributed by atoms with Crippen molar-refractivity contribution < 1.29 is 18.3 Å². The molecule has 4 nitrogen and oxygen atoms in total. The number of aliphatic carboxylic acids is 1. The summed E-state index contributed by atoms with van der Waals surface area (Å²) in [4.78, 5) is 10.1. The van der Waals surface area contributed by atoms with Gasteiger partial charge in [0.15, 0.2) is 9.84 Å². The number of carboxylic acid groups (broad SMARTS) is 1. The van der Waals surface area contributed by atoms with Crippen molar-refractivity contribution in [1.29, 1.82) is 0 Å². The average molecular weight is 160 g/mol. The quantitative estimate of drug-likeness (QED) is 0.581. The monoisotopic (exact) mass is 160 g/mol. The normalized spacial score (nSPS) is 20.6. The highest BCUT2D eigenvalue weighted by molar-refractivity contribution is 7.97. The SMILES string of the molecule is O=C(O)C1=CS(=O)(=O)C=C1. The summed E-state index contributed by atoms with van der Waals surface area (Å²) in [7, 11) is -3.36. The lowest BCUT2D eigenvalue weighted by atomic mass is 10.3. The summed E-state index contributed by atoms with van der Waals surface area (Å²) in [6.45, 7) is 0. The molecule has 1 aliphatic rings. The standard InChI is InChI=1S/C5H4O4S/c6-5(7)4-1-2-10(8,9)3-4/h1-3H,(H,6,7). The summed E-state index contributed by atoms with van der Waals surface area (Å²) < 4.78 is 21.0. The molecule has 1 rings (SSSR count). The Labute approximate surface area is 57.4 Å². The van der Waals surface area contributed by atoms with Gasteiger partial charge in [0.2, 0.25) is 0 Å². The molecule has 0 aliphatic carbocycles. The largest absolute Gasteiger partial charge is 0.478 e. The van der Waals surface area contributed by atoms with E-state index in [0.29, 0.717) is 0 Å². The van der Waals surface area contributed by atoms with Gasteiger partial charge in [-0.25, -0.2) is 13.2 Å². The maximum atomic E-state index is 10.5. The Morgan fingerprint density at radius 3 is 2.30 bits per heavy atom. The highest BCUT2D eigenvalue weighted by atomic mass is 32.2. The predicted molar refractivity (Wildman–Crippen MR) is 33.8 cm³/mol. The Kier molecular flexibility index (Phi) is 1.37. The van der Waals surface area contributed by atoms with Gasteiger partial charge in [-0.2, -0.15) is 0 Å². The number of carboxylic acids is 1. The molecule has 1 heterocycles. The first-order chi connectivity index (χ1) is 4.51. The van der Waals surface area contributed by atoms with Crippen molar-refractivity contribution in [2.24, 2.45) is 0 Å². The average Bonchev–Trinajstić information content (AvgIpc) is 2.10. The van der Waals surface area contributed by atoms with E-state index in [4.69, 9.17) is 5.11 Å². The second-order valence-electron chi connectivity index (χ2n) is 1.77. The van der Waals surface area contributed by atoms with Crippen LogP contribution in [0.5, 0.6) is 0 Å². The summed E-state index contributed by atoms with van der Waals surface area (Å²) in [5.74, 6) is -1.22. The Morgan fingerprint density at radius 1 is 1.50 bits per heavy atom. The summed E-state index contributed by atoms with van der Waals surface area (Å²) >= 11 is 0. The molecule has 0 spiro atoms. The molecule has 0 aromatic rings. The lowest BCUT2D eigenvalue weighted by Crippen LogP contribution is -1.95. The molecule has 54 valence electrons. The third-order valence-corrected chi connectivity index (χ3v) is 2.07. The first-order valence-corrected chi connectivity index (χ1v) is 4.00. The van der Waals surface area contributed by atoms with Crippen LogP contribution in [0.4, 0.5) is 0 Å². The lowest BCUT2D eigenvalue weighted by Gasteiger charge is -1.83. The number of sulfone groups is 1. The van der Waals surface area contributed by atoms with Gasteiger partial charge in [-0.3, -0.25) is 0 Å². The zero-order chi connectivity index (χ0) is 7.78. The molecule has 0 amide bonds. The summed E-state index contributed by atoms with van der Waals surface area (Å²) in [5, 5.41) is 9.84. The van der Waals surface area contributed by atoms with Crippen molar-refractivity contribution in [3.8, 4) is 0 Å². The van der Waals surface area contributed by atoms with Crippen LogP contribution < -0.4 is 0 Å². The second-order valence-corrected chi connectivity index (χ2v) is 3.46. The fourth-order valence-corrected chi connectivity index (χ4v) is 1.49. The zero-order valence-corrected chi connectivity index (χ0v) is 5.63. The first-order valence-electron chi connectivity index (χ1n) is 2.39. The van der Waals surface area contributed by atoms with Gasteiger partial charge >= 0.3 is 5.97 Å². The van der Waals surface area contributed by atoms with Crippen molar-refractivity contribution in [3.05, 3.63) is 22.5 Å². The van der Waals surface area contributed by atoms with Gasteiger partial charge in [-0.1, -0.05) is 0 Å². The number of rotatable bonds is 1. The van der Waals surface area contributed by atoms with Crippen LogP contribution >= 0.6 is 0 Å². The van der Waals surface area contributed by atoms with E-state index in [0.717, 1.165) is 16.9 Å². The van der Waals surface area contributed by atoms with Gasteiger partial charge < -0.3 is 5.11 Å². The Hall–Kier alpha value is -1.10. The van der Waals surface area contributed by atoms with Crippen molar-refractivity contribution in [3.63, 3.8) is 0 Å². The Bertz CT molecular complexity index is 320. The topological polar surface area (TPSA) is 71.4 Å². The molecular formula is C5H4O4S. The molecule has 0 atom stereocenters. The number of hydrogen-bond donors (Lipinski definition) is 1. The zero-order valence-electron chi connectivity index (χ0n) is 4.81. The van der Waals surface area contributed by atoms with E-state index in [1.807, 2.05) is 0 Å². The summed E-state index contributed by atoms with van der Waals surface area (Å²) in [5.41, 5.74) is -0.194. The van der Waals surface area contributed by atoms with Crippen LogP contribution in [0.15, 0.2) is 22.5 Å². The van der Waals surface area contributed by atoms with Crippen LogP contribution in [0.3, 0.4) is 0 Å². The van der Waals surface area contributed by atoms with E-state index in [2.05, 4.69) is 0 Å². The molecule has 0 fully saturated rings. The fourth-order valence-electron chi connectivity index (χ4n) is 0.545. The molecule has 0 aromatic heterocycles. The van der Waals surface area contributed by atoms with Crippen molar-refractivity contribution in [1.82, 2.24) is 0 Å². The molecule has 0 saturated heterocycles. The lowest BCUT2D eigenvalue weighted by molar-refractivity contribution is -0.132. The van der Waals surface area contributed by atoms with Gasteiger partial charge in [0, 0.05) is 10.8 Å². The van der Waals surface area contributed by atoms with Crippen LogP contribution in [-0.4, -0.2) is 19.5 Å². The minimum Gasteiger partial charge on any atom is -0.478 e. The Morgan fingerprint density at radius 2 is 2.10 bits per heavy atom. The first kappa shape index (κ1) is 7.01. The smallest absolute Gasteiger partial charge is 0.336 e. The molecule has 0 aromatic carbocycles. The molecule has 1 N–H and O–H groups in total. The number of carbonyl (C=O) groups is 1. The molecule has 0 radical (unpaired) electrons. The van der Waals surface area contributed by atoms with E-state index < -0.39 is 15.8 Å². The van der Waals surface area contributed by atoms with Gasteiger partial charge in [0.1, 0.15) is 0 Å². The van der Waals surface area contributed by atoms with E-state index in [-0.39, 0.29) is 5.57 Å². The van der Waals surface area contributed by atoms with Crippen LogP contribution in [0.2, 0.25) is 0 Å². The molecule has 0 saturated carbocycles. The molecule has 1 aliphatic heterocycles. The maximum absolute atomic E-state index is 10.5. The summed E-state index contributed by atoms with van der Waals surface area (Å²) in [6, 6.07) is 0. The van der Waals surface area contributed by atoms with Crippen molar-refractivity contribution in [2.45, 2.75) is 0 Å². The van der Waals surface area contributed by atoms with Crippen LogP contribution in [0.1, 0.15) is 0 Å². The molecule has 10 heavy (non-hydrogen) atoms. The van der Waals surface area contributed by atoms with Crippen LogP contribution in [0.25, 0.3) is 0 Å². The van der Waals surface area contributed by atoms with Gasteiger partial charge in [0.25, 0.3) is 0 Å². The van der Waals surface area contributed by atoms with Crippen LogP contribution in [-0.2, 0) is 14.6 Å². The Balaban J connectivity index is 3.11. The molecule has 0 bridgehead atoms. The summed E-state index contributed by atoms with van der Waals surface area (Å²) in [6.07, 6.45) is 1.05. The highest BCUT2D eigenvalue weighted by Gasteiger charge is 2.15. The van der Waals surface area contributed by atoms with Gasteiger partial charge in [0.05, 0.1) is 5.57 Å². The predicted octanol–water partition coefficient (Wildman–Crippen LogP) is -0.103. The molecular weight excluding hydrogens is 156 g/mol. The number of hydrogen-bond acceptors (Lipinski definition) is 3. The van der Waals surface area contributed by atoms with E-state index >= 15 is 0 Å². The van der Waals surface area contributed by atoms with Crippen LogP contribution in [0, 0.1) is 0 Å². The van der Waals surface area contributed by atoms with E-state index in [1.165, 1.54) is 0 Å². The third-order valence-electron chi connectivity index (χ3n) is 0.975. The van der Waals surface area contributed by atoms with Gasteiger partial charge in [-0.15, -0.1) is 0 Å².